The Balaban J connectivity index is 2.08. The summed E-state index contributed by atoms with van der Waals surface area (Å²) in [7, 11) is 0. The van der Waals surface area contributed by atoms with Gasteiger partial charge in [-0.2, -0.15) is 5.26 Å². The number of aromatic nitrogens is 1. The van der Waals surface area contributed by atoms with Crippen LogP contribution in [0, 0.1) is 31.0 Å². The molecule has 3 rings (SSSR count). The number of nitrogens with zero attached hydrogens (tertiary/aromatic N) is 1. The number of halogens is 1. The van der Waals surface area contributed by atoms with Crippen LogP contribution in [0.15, 0.2) is 53.3 Å². The number of benzene rings is 2. The first-order valence-corrected chi connectivity index (χ1v) is 7.50. The average Bonchev–Trinajstić information content (AvgIpc) is 2.54. The second-order valence-electron chi connectivity index (χ2n) is 5.72. The van der Waals surface area contributed by atoms with Gasteiger partial charge in [0.2, 0.25) is 0 Å². The Morgan fingerprint density at radius 2 is 1.58 bits per heavy atom. The SMILES string of the molecule is Cc1cc(-c2ccc(-c3ccc(F)cc3C)cc2)c(C#N)c(=O)[nH]1. The summed E-state index contributed by atoms with van der Waals surface area (Å²) < 4.78 is 13.2. The Labute approximate surface area is 139 Å². The number of rotatable bonds is 2. The van der Waals surface area contributed by atoms with Gasteiger partial charge in [-0.3, -0.25) is 4.79 Å². The first-order chi connectivity index (χ1) is 11.5. The Morgan fingerprint density at radius 1 is 0.958 bits per heavy atom. The molecule has 4 heteroatoms. The number of nitrogens with one attached hydrogen (secondary N) is 1. The number of pyridine rings is 1. The van der Waals surface area contributed by atoms with E-state index in [1.807, 2.05) is 37.3 Å². The second kappa shape index (κ2) is 6.13. The van der Waals surface area contributed by atoms with E-state index in [9.17, 15) is 14.4 Å². The Bertz CT molecular complexity index is 1010. The molecule has 24 heavy (non-hydrogen) atoms. The van der Waals surface area contributed by atoms with Crippen LogP contribution >= 0.6 is 0 Å². The van der Waals surface area contributed by atoms with Crippen LogP contribution in [-0.2, 0) is 0 Å². The topological polar surface area (TPSA) is 56.6 Å². The van der Waals surface area contributed by atoms with E-state index in [0.717, 1.165) is 22.3 Å². The van der Waals surface area contributed by atoms with Crippen molar-refractivity contribution in [3.05, 3.63) is 81.5 Å². The summed E-state index contributed by atoms with van der Waals surface area (Å²) in [6, 6.07) is 16.0. The normalized spacial score (nSPS) is 10.4. The third-order valence-electron chi connectivity index (χ3n) is 3.98. The molecule has 0 atom stereocenters. The highest BCUT2D eigenvalue weighted by molar-refractivity contribution is 5.75. The molecule has 0 aliphatic carbocycles. The number of hydrogen-bond acceptors (Lipinski definition) is 2. The lowest BCUT2D eigenvalue weighted by Crippen LogP contribution is -2.12. The smallest absolute Gasteiger partial charge is 0.266 e. The van der Waals surface area contributed by atoms with Crippen molar-refractivity contribution in [1.82, 2.24) is 4.98 Å². The van der Waals surface area contributed by atoms with Crippen molar-refractivity contribution in [2.75, 3.05) is 0 Å². The molecular formula is C20H15FN2O. The van der Waals surface area contributed by atoms with Crippen molar-refractivity contribution >= 4 is 0 Å². The van der Waals surface area contributed by atoms with Crippen molar-refractivity contribution in [2.24, 2.45) is 0 Å². The minimum absolute atomic E-state index is 0.103. The van der Waals surface area contributed by atoms with Crippen molar-refractivity contribution in [3.8, 4) is 28.3 Å². The lowest BCUT2D eigenvalue weighted by Gasteiger charge is -2.09. The van der Waals surface area contributed by atoms with Gasteiger partial charge in [0, 0.05) is 11.3 Å². The van der Waals surface area contributed by atoms with Crippen LogP contribution in [0.2, 0.25) is 0 Å². The molecule has 0 aliphatic heterocycles. The summed E-state index contributed by atoms with van der Waals surface area (Å²) in [5.41, 5.74) is 4.59. The van der Waals surface area contributed by atoms with Crippen LogP contribution in [0.1, 0.15) is 16.8 Å². The minimum Gasteiger partial charge on any atom is -0.325 e. The number of H-pyrrole nitrogens is 1. The summed E-state index contributed by atoms with van der Waals surface area (Å²) in [6.45, 7) is 3.64. The zero-order chi connectivity index (χ0) is 17.3. The molecule has 1 N–H and O–H groups in total. The van der Waals surface area contributed by atoms with Crippen LogP contribution in [-0.4, -0.2) is 4.98 Å². The van der Waals surface area contributed by atoms with Crippen LogP contribution in [0.4, 0.5) is 4.39 Å². The minimum atomic E-state index is -0.383. The molecule has 0 saturated carbocycles. The summed E-state index contributed by atoms with van der Waals surface area (Å²) >= 11 is 0. The zero-order valence-corrected chi connectivity index (χ0v) is 13.4. The maximum absolute atomic E-state index is 13.2. The van der Waals surface area contributed by atoms with Gasteiger partial charge in [0.25, 0.3) is 5.56 Å². The van der Waals surface area contributed by atoms with Crippen LogP contribution in [0.3, 0.4) is 0 Å². The van der Waals surface area contributed by atoms with Gasteiger partial charge in [-0.25, -0.2) is 4.39 Å². The predicted octanol–water partition coefficient (Wildman–Crippen LogP) is 4.34. The van der Waals surface area contributed by atoms with E-state index in [4.69, 9.17) is 0 Å². The van der Waals surface area contributed by atoms with Gasteiger partial charge in [-0.1, -0.05) is 30.3 Å². The Morgan fingerprint density at radius 3 is 2.17 bits per heavy atom. The predicted molar refractivity (Wildman–Crippen MR) is 92.1 cm³/mol. The number of hydrogen-bond donors (Lipinski definition) is 1. The third kappa shape index (κ3) is 2.84. The third-order valence-corrected chi connectivity index (χ3v) is 3.98. The largest absolute Gasteiger partial charge is 0.325 e. The maximum atomic E-state index is 13.2. The molecule has 0 spiro atoms. The molecule has 3 aromatic rings. The highest BCUT2D eigenvalue weighted by Crippen LogP contribution is 2.28. The summed E-state index contributed by atoms with van der Waals surface area (Å²) in [5, 5.41) is 9.24. The molecule has 0 saturated heterocycles. The van der Waals surface area contributed by atoms with E-state index in [2.05, 4.69) is 4.98 Å². The molecule has 1 aromatic heterocycles. The average molecular weight is 318 g/mol. The molecule has 1 heterocycles. The van der Waals surface area contributed by atoms with Gasteiger partial charge >= 0.3 is 0 Å². The van der Waals surface area contributed by atoms with Crippen molar-refractivity contribution < 1.29 is 4.39 Å². The Hall–Kier alpha value is -3.19. The van der Waals surface area contributed by atoms with E-state index in [-0.39, 0.29) is 16.9 Å². The molecule has 0 fully saturated rings. The number of aryl methyl sites for hydroxylation is 2. The molecule has 3 nitrogen and oxygen atoms in total. The standard InChI is InChI=1S/C20H15FN2O/c1-12-9-16(21)7-8-17(12)14-3-5-15(6-4-14)18-10-13(2)23-20(24)19(18)11-22/h3-10H,1-2H3,(H,23,24). The van der Waals surface area contributed by atoms with Gasteiger partial charge < -0.3 is 4.98 Å². The lowest BCUT2D eigenvalue weighted by molar-refractivity contribution is 0.627. The van der Waals surface area contributed by atoms with Crippen molar-refractivity contribution in [1.29, 1.82) is 5.26 Å². The summed E-state index contributed by atoms with van der Waals surface area (Å²) in [6.07, 6.45) is 0. The molecule has 0 aliphatic rings. The van der Waals surface area contributed by atoms with E-state index in [1.54, 1.807) is 19.1 Å². The highest BCUT2D eigenvalue weighted by Gasteiger charge is 2.11. The fourth-order valence-corrected chi connectivity index (χ4v) is 2.81. The number of aromatic amines is 1. The summed E-state index contributed by atoms with van der Waals surface area (Å²) in [5.74, 6) is -0.259. The fourth-order valence-electron chi connectivity index (χ4n) is 2.81. The quantitative estimate of drug-likeness (QED) is 0.764. The fraction of sp³-hybridized carbons (Fsp3) is 0.100. The molecule has 0 amide bonds. The van der Waals surface area contributed by atoms with Gasteiger partial charge in [-0.05, 0) is 54.3 Å². The molecule has 0 radical (unpaired) electrons. The van der Waals surface area contributed by atoms with Gasteiger partial charge in [0.1, 0.15) is 17.4 Å². The van der Waals surface area contributed by atoms with Crippen LogP contribution in [0.5, 0.6) is 0 Å². The lowest BCUT2D eigenvalue weighted by atomic mass is 9.96. The number of nitriles is 1. The van der Waals surface area contributed by atoms with E-state index in [1.165, 1.54) is 12.1 Å². The second-order valence-corrected chi connectivity index (χ2v) is 5.72. The van der Waals surface area contributed by atoms with E-state index in [0.29, 0.717) is 11.3 Å². The van der Waals surface area contributed by atoms with Crippen molar-refractivity contribution in [3.63, 3.8) is 0 Å². The van der Waals surface area contributed by atoms with Gasteiger partial charge in [-0.15, -0.1) is 0 Å². The van der Waals surface area contributed by atoms with Crippen LogP contribution < -0.4 is 5.56 Å². The van der Waals surface area contributed by atoms with Crippen LogP contribution in [0.25, 0.3) is 22.3 Å². The highest BCUT2D eigenvalue weighted by atomic mass is 19.1. The molecular weight excluding hydrogens is 303 g/mol. The first kappa shape index (κ1) is 15.7. The molecule has 118 valence electrons. The molecule has 0 unspecified atom stereocenters. The molecule has 0 bridgehead atoms. The Kier molecular flexibility index (Phi) is 4.01. The van der Waals surface area contributed by atoms with Gasteiger partial charge in [0.15, 0.2) is 0 Å². The van der Waals surface area contributed by atoms with Gasteiger partial charge in [0.05, 0.1) is 0 Å². The van der Waals surface area contributed by atoms with E-state index < -0.39 is 0 Å². The zero-order valence-electron chi connectivity index (χ0n) is 13.4. The molecule has 2 aromatic carbocycles. The summed E-state index contributed by atoms with van der Waals surface area (Å²) in [4.78, 5) is 14.6. The van der Waals surface area contributed by atoms with E-state index >= 15 is 0 Å². The maximum Gasteiger partial charge on any atom is 0.266 e. The van der Waals surface area contributed by atoms with Crippen molar-refractivity contribution in [2.45, 2.75) is 13.8 Å². The monoisotopic (exact) mass is 318 g/mol. The first-order valence-electron chi connectivity index (χ1n) is 7.50.